The van der Waals surface area contributed by atoms with Crippen LogP contribution in [-0.2, 0) is 0 Å². The van der Waals surface area contributed by atoms with Crippen molar-refractivity contribution >= 4 is 6.03 Å². The summed E-state index contributed by atoms with van der Waals surface area (Å²) in [5, 5.41) is 2.69. The zero-order valence-corrected chi connectivity index (χ0v) is 8.98. The first kappa shape index (κ1) is 11.4. The van der Waals surface area contributed by atoms with Crippen LogP contribution in [0.3, 0.4) is 0 Å². The summed E-state index contributed by atoms with van der Waals surface area (Å²) in [6, 6.07) is 5.41. The number of amides is 1. The maximum Gasteiger partial charge on any atom is 0.495 e. The van der Waals surface area contributed by atoms with Gasteiger partial charge in [0.25, 0.3) is 0 Å². The number of carbonyl (C=O) groups is 1. The molecule has 0 unspecified atom stereocenters. The summed E-state index contributed by atoms with van der Waals surface area (Å²) in [7, 11) is 0. The minimum Gasteiger partial charge on any atom is -1.00 e. The highest BCUT2D eigenvalue weighted by molar-refractivity contribution is 5.63. The van der Waals surface area contributed by atoms with Crippen molar-refractivity contribution in [2.24, 2.45) is 0 Å². The molecule has 0 radical (unpaired) electrons. The quantitative estimate of drug-likeness (QED) is 0.449. The van der Waals surface area contributed by atoms with E-state index >= 15 is 0 Å². The zero-order valence-electron chi connectivity index (χ0n) is 6.83. The fraction of sp³-hybridized carbons (Fsp3) is 0.250. The Morgan fingerprint density at radius 2 is 1.92 bits per heavy atom. The Bertz CT molecular complexity index is 238. The van der Waals surface area contributed by atoms with Gasteiger partial charge in [-0.25, -0.2) is 5.32 Å². The number of rotatable bonds is 1. The van der Waals surface area contributed by atoms with Crippen molar-refractivity contribution < 1.29 is 33.3 Å². The van der Waals surface area contributed by atoms with E-state index in [1.807, 2.05) is 25.1 Å². The van der Waals surface area contributed by atoms with Gasteiger partial charge in [0.05, 0.1) is 18.9 Å². The van der Waals surface area contributed by atoms with Crippen molar-refractivity contribution in [2.45, 2.75) is 6.92 Å². The Kier molecular flexibility index (Phi) is 5.61. The van der Waals surface area contributed by atoms with Crippen molar-refractivity contribution in [3.63, 3.8) is 0 Å². The standard InChI is InChI=1S/C8H10N2O.HI/c1-2-9-8(11)10-6-4-3-5-7-10;/h3-7H,2H2,1H3;1H. The third kappa shape index (κ3) is 3.17. The molecule has 1 heterocycles. The highest BCUT2D eigenvalue weighted by atomic mass is 127. The van der Waals surface area contributed by atoms with E-state index in [1.165, 1.54) is 4.57 Å². The number of carbonyl (C=O) groups excluding carboxylic acids is 1. The fourth-order valence-electron chi connectivity index (χ4n) is 0.777. The molecule has 1 aromatic heterocycles. The molecule has 1 N–H and O–H groups in total. The third-order valence-corrected chi connectivity index (χ3v) is 1.28. The molecule has 1 rings (SSSR count). The lowest BCUT2D eigenvalue weighted by Crippen LogP contribution is -3.00. The van der Waals surface area contributed by atoms with Crippen LogP contribution in [0.25, 0.3) is 0 Å². The van der Waals surface area contributed by atoms with E-state index in [4.69, 9.17) is 0 Å². The highest BCUT2D eigenvalue weighted by Crippen LogP contribution is 1.75. The lowest BCUT2D eigenvalue weighted by atomic mass is 10.5. The molecule has 0 spiro atoms. The summed E-state index contributed by atoms with van der Waals surface area (Å²) in [4.78, 5) is 11.1. The van der Waals surface area contributed by atoms with Crippen LogP contribution in [0.1, 0.15) is 6.92 Å². The summed E-state index contributed by atoms with van der Waals surface area (Å²) in [6.07, 6.45) is 3.43. The van der Waals surface area contributed by atoms with Gasteiger partial charge in [-0.15, -0.1) is 0 Å². The van der Waals surface area contributed by atoms with Crippen LogP contribution in [0.4, 0.5) is 4.79 Å². The minimum absolute atomic E-state index is 0. The Morgan fingerprint density at radius 1 is 1.33 bits per heavy atom. The molecule has 66 valence electrons. The Balaban J connectivity index is 0.00000121. The average molecular weight is 278 g/mol. The van der Waals surface area contributed by atoms with E-state index in [0.717, 1.165) is 0 Å². The number of nitrogens with zero attached hydrogens (tertiary/aromatic N) is 1. The van der Waals surface area contributed by atoms with Gasteiger partial charge in [-0.3, -0.25) is 0 Å². The summed E-state index contributed by atoms with van der Waals surface area (Å²) < 4.78 is 1.50. The summed E-state index contributed by atoms with van der Waals surface area (Å²) >= 11 is 0. The molecule has 0 saturated heterocycles. The molecule has 12 heavy (non-hydrogen) atoms. The number of nitrogens with one attached hydrogen (secondary N) is 1. The molecule has 0 aromatic carbocycles. The number of pyridine rings is 1. The summed E-state index contributed by atoms with van der Waals surface area (Å²) in [5.74, 6) is 0. The Morgan fingerprint density at radius 3 is 2.42 bits per heavy atom. The summed E-state index contributed by atoms with van der Waals surface area (Å²) in [6.45, 7) is 2.54. The molecule has 4 heteroatoms. The van der Waals surface area contributed by atoms with Gasteiger partial charge in [-0.2, -0.15) is 9.36 Å². The molecule has 0 aliphatic heterocycles. The molecule has 3 nitrogen and oxygen atoms in total. The van der Waals surface area contributed by atoms with Gasteiger partial charge in [0.15, 0.2) is 0 Å². The first-order valence-electron chi connectivity index (χ1n) is 3.59. The zero-order chi connectivity index (χ0) is 8.10. The number of hydrogen-bond acceptors (Lipinski definition) is 1. The average Bonchev–Trinajstić information content (AvgIpc) is 2.07. The van der Waals surface area contributed by atoms with Crippen molar-refractivity contribution in [1.82, 2.24) is 5.32 Å². The van der Waals surface area contributed by atoms with Gasteiger partial charge < -0.3 is 24.0 Å². The molecule has 0 bridgehead atoms. The molecule has 0 fully saturated rings. The van der Waals surface area contributed by atoms with Gasteiger partial charge in [-0.1, -0.05) is 6.07 Å². The van der Waals surface area contributed by atoms with E-state index in [0.29, 0.717) is 6.54 Å². The van der Waals surface area contributed by atoms with Crippen molar-refractivity contribution in [3.05, 3.63) is 30.6 Å². The molecule has 0 atom stereocenters. The second kappa shape index (κ2) is 5.93. The lowest BCUT2D eigenvalue weighted by Gasteiger charge is -1.93. The van der Waals surface area contributed by atoms with Gasteiger partial charge in [0, 0.05) is 0 Å². The number of halogens is 1. The Labute approximate surface area is 88.8 Å². The van der Waals surface area contributed by atoms with E-state index < -0.39 is 0 Å². The maximum atomic E-state index is 11.1. The van der Waals surface area contributed by atoms with Crippen LogP contribution in [0.2, 0.25) is 0 Å². The van der Waals surface area contributed by atoms with Crippen molar-refractivity contribution in [1.29, 1.82) is 0 Å². The predicted octanol–water partition coefficient (Wildman–Crippen LogP) is -2.44. The molecular formula is C8H11IN2O. The van der Waals surface area contributed by atoms with Crippen LogP contribution in [-0.4, -0.2) is 12.6 Å². The highest BCUT2D eigenvalue weighted by Gasteiger charge is 2.07. The lowest BCUT2D eigenvalue weighted by molar-refractivity contribution is -0.572. The minimum atomic E-state index is -0.0897. The molecule has 0 aliphatic rings. The fourth-order valence-corrected chi connectivity index (χ4v) is 0.777. The number of hydrogen-bond donors (Lipinski definition) is 1. The number of aromatic nitrogens is 1. The van der Waals surface area contributed by atoms with Crippen LogP contribution in [0.15, 0.2) is 30.6 Å². The van der Waals surface area contributed by atoms with Crippen LogP contribution in [0, 0.1) is 0 Å². The second-order valence-corrected chi connectivity index (χ2v) is 2.12. The third-order valence-electron chi connectivity index (χ3n) is 1.28. The van der Waals surface area contributed by atoms with E-state index in [9.17, 15) is 4.79 Å². The molecular weight excluding hydrogens is 267 g/mol. The molecule has 1 amide bonds. The topological polar surface area (TPSA) is 33.0 Å². The van der Waals surface area contributed by atoms with Crippen LogP contribution in [0.5, 0.6) is 0 Å². The van der Waals surface area contributed by atoms with Crippen molar-refractivity contribution in [3.8, 4) is 0 Å². The van der Waals surface area contributed by atoms with Crippen LogP contribution < -0.4 is 33.9 Å². The second-order valence-electron chi connectivity index (χ2n) is 2.12. The van der Waals surface area contributed by atoms with Gasteiger partial charge in [0.1, 0.15) is 0 Å². The smallest absolute Gasteiger partial charge is 0.495 e. The van der Waals surface area contributed by atoms with Gasteiger partial charge in [-0.05, 0) is 19.1 Å². The molecule has 0 aliphatic carbocycles. The van der Waals surface area contributed by atoms with E-state index in [1.54, 1.807) is 12.4 Å². The van der Waals surface area contributed by atoms with E-state index in [-0.39, 0.29) is 30.0 Å². The predicted molar refractivity (Wildman–Crippen MR) is 41.1 cm³/mol. The Hall–Kier alpha value is -0.650. The molecule has 0 saturated carbocycles. The maximum absolute atomic E-state index is 11.1. The van der Waals surface area contributed by atoms with Crippen LogP contribution >= 0.6 is 0 Å². The normalized spacial score (nSPS) is 8.42. The monoisotopic (exact) mass is 278 g/mol. The first-order chi connectivity index (χ1) is 5.34. The first-order valence-corrected chi connectivity index (χ1v) is 3.59. The summed E-state index contributed by atoms with van der Waals surface area (Å²) in [5.41, 5.74) is 0. The van der Waals surface area contributed by atoms with Crippen molar-refractivity contribution in [2.75, 3.05) is 6.54 Å². The van der Waals surface area contributed by atoms with E-state index in [2.05, 4.69) is 5.32 Å². The SMILES string of the molecule is CCNC(=O)[n+]1ccccc1.[I-]. The molecule has 1 aromatic rings. The van der Waals surface area contributed by atoms with Gasteiger partial charge in [0.2, 0.25) is 0 Å². The van der Waals surface area contributed by atoms with Gasteiger partial charge >= 0.3 is 6.03 Å². The largest absolute Gasteiger partial charge is 1.00 e.